The third-order valence-electron chi connectivity index (χ3n) is 3.48. The van der Waals surface area contributed by atoms with Crippen LogP contribution in [0, 0.1) is 0 Å². The van der Waals surface area contributed by atoms with Crippen LogP contribution in [0.3, 0.4) is 0 Å². The van der Waals surface area contributed by atoms with Gasteiger partial charge in [-0.05, 0) is 35.0 Å². The zero-order valence-corrected chi connectivity index (χ0v) is 12.2. The van der Waals surface area contributed by atoms with Crippen molar-refractivity contribution in [2.75, 3.05) is 5.32 Å². The van der Waals surface area contributed by atoms with Crippen LogP contribution in [-0.2, 0) is 12.5 Å². The molecule has 3 aromatic rings. The van der Waals surface area contributed by atoms with E-state index in [0.717, 1.165) is 18.0 Å². The van der Waals surface area contributed by atoms with Gasteiger partial charge in [0, 0.05) is 12.6 Å². The topological polar surface area (TPSA) is 24.9 Å². The summed E-state index contributed by atoms with van der Waals surface area (Å²) in [5.74, 6) is -2.92. The van der Waals surface area contributed by atoms with Gasteiger partial charge in [-0.1, -0.05) is 36.4 Å². The maximum Gasteiger partial charge on any atom is 0.286 e. The molecule has 0 saturated heterocycles. The maximum absolute atomic E-state index is 13.3. The van der Waals surface area contributed by atoms with Gasteiger partial charge in [0.05, 0.1) is 12.2 Å². The van der Waals surface area contributed by atoms with Crippen LogP contribution >= 0.6 is 0 Å². The molecule has 0 unspecified atom stereocenters. The van der Waals surface area contributed by atoms with Crippen LogP contribution in [0.4, 0.5) is 14.5 Å². The molecule has 0 fully saturated rings. The Kier molecular flexibility index (Phi) is 3.75. The molecular weight excluding hydrogens is 282 g/mol. The summed E-state index contributed by atoms with van der Waals surface area (Å²) in [5, 5.41) is 5.52. The molecule has 0 aliphatic rings. The lowest BCUT2D eigenvalue weighted by atomic mass is 10.1. The summed E-state index contributed by atoms with van der Waals surface area (Å²) < 4.78 is 26.6. The van der Waals surface area contributed by atoms with Crippen LogP contribution in [0.1, 0.15) is 18.3 Å². The molecule has 112 valence electrons. The van der Waals surface area contributed by atoms with Crippen molar-refractivity contribution in [2.24, 2.45) is 0 Å². The zero-order chi connectivity index (χ0) is 15.6. The second-order valence-electron chi connectivity index (χ2n) is 5.32. The molecule has 0 aliphatic carbocycles. The first-order chi connectivity index (χ1) is 10.5. The number of nitrogens with one attached hydrogen (secondary N) is 1. The highest BCUT2D eigenvalue weighted by Gasteiger charge is 2.25. The minimum absolute atomic E-state index is 0.203. The van der Waals surface area contributed by atoms with Gasteiger partial charge in [-0.3, -0.25) is 0 Å². The molecule has 3 rings (SSSR count). The van der Waals surface area contributed by atoms with Gasteiger partial charge in [0.15, 0.2) is 0 Å². The average Bonchev–Trinajstić information content (AvgIpc) is 2.52. The number of nitrogens with zero attached hydrogens (tertiary/aromatic N) is 1. The number of anilines is 1. The van der Waals surface area contributed by atoms with E-state index in [2.05, 4.69) is 10.3 Å². The number of alkyl halides is 2. The molecule has 22 heavy (non-hydrogen) atoms. The number of hydrogen-bond acceptors (Lipinski definition) is 2. The van der Waals surface area contributed by atoms with E-state index < -0.39 is 5.92 Å². The fraction of sp³-hybridized carbons (Fsp3) is 0.167. The van der Waals surface area contributed by atoms with Crippen LogP contribution in [0.15, 0.2) is 60.7 Å². The monoisotopic (exact) mass is 298 g/mol. The van der Waals surface area contributed by atoms with E-state index in [1.807, 2.05) is 42.5 Å². The molecule has 2 aromatic carbocycles. The molecule has 0 bridgehead atoms. The normalized spacial score (nSPS) is 11.6. The minimum Gasteiger partial charge on any atom is -0.379 e. The van der Waals surface area contributed by atoms with Crippen LogP contribution < -0.4 is 5.32 Å². The number of aromatic nitrogens is 1. The van der Waals surface area contributed by atoms with E-state index in [0.29, 0.717) is 12.2 Å². The predicted octanol–water partition coefficient (Wildman–Crippen LogP) is 4.96. The van der Waals surface area contributed by atoms with Crippen LogP contribution in [-0.4, -0.2) is 4.98 Å². The van der Waals surface area contributed by atoms with Gasteiger partial charge in [0.2, 0.25) is 0 Å². The quantitative estimate of drug-likeness (QED) is 0.736. The fourth-order valence-electron chi connectivity index (χ4n) is 2.31. The Balaban J connectivity index is 1.76. The summed E-state index contributed by atoms with van der Waals surface area (Å²) in [6.07, 6.45) is 0. The lowest BCUT2D eigenvalue weighted by molar-refractivity contribution is 0.0126. The molecule has 0 saturated carbocycles. The van der Waals surface area contributed by atoms with Crippen molar-refractivity contribution in [1.82, 2.24) is 4.98 Å². The largest absolute Gasteiger partial charge is 0.379 e. The molecule has 2 nitrogen and oxygen atoms in total. The fourth-order valence-corrected chi connectivity index (χ4v) is 2.31. The Bertz CT molecular complexity index is 794. The van der Waals surface area contributed by atoms with E-state index in [4.69, 9.17) is 0 Å². The third kappa shape index (κ3) is 3.22. The molecular formula is C18H16F2N2. The molecule has 1 aromatic heterocycles. The van der Waals surface area contributed by atoms with Crippen LogP contribution in [0.5, 0.6) is 0 Å². The summed E-state index contributed by atoms with van der Waals surface area (Å²) >= 11 is 0. The second kappa shape index (κ2) is 5.72. The van der Waals surface area contributed by atoms with Crippen molar-refractivity contribution in [3.8, 4) is 0 Å². The lowest BCUT2D eigenvalue weighted by Gasteiger charge is -2.12. The number of benzene rings is 2. The predicted molar refractivity (Wildman–Crippen MR) is 85.1 cm³/mol. The first-order valence-electron chi connectivity index (χ1n) is 7.09. The van der Waals surface area contributed by atoms with E-state index in [1.54, 1.807) is 12.1 Å². The lowest BCUT2D eigenvalue weighted by Crippen LogP contribution is -2.12. The number of fused-ring (bicyclic) bond motifs is 1. The Morgan fingerprint density at radius 1 is 0.955 bits per heavy atom. The van der Waals surface area contributed by atoms with Crippen molar-refractivity contribution < 1.29 is 8.78 Å². The molecule has 1 N–H and O–H groups in total. The summed E-state index contributed by atoms with van der Waals surface area (Å²) in [4.78, 5) is 4.01. The van der Waals surface area contributed by atoms with Gasteiger partial charge in [-0.15, -0.1) is 0 Å². The standard InChI is InChI=1S/C18H16F2N2/c1-18(19,20)17-8-4-7-16(22-17)12-21-15-10-9-13-5-2-3-6-14(13)11-15/h2-11,21H,12H2,1H3. The molecule has 1 heterocycles. The van der Waals surface area contributed by atoms with Gasteiger partial charge < -0.3 is 5.32 Å². The number of rotatable bonds is 4. The Hall–Kier alpha value is -2.49. The van der Waals surface area contributed by atoms with E-state index in [-0.39, 0.29) is 5.69 Å². The second-order valence-corrected chi connectivity index (χ2v) is 5.32. The van der Waals surface area contributed by atoms with E-state index >= 15 is 0 Å². The number of hydrogen-bond donors (Lipinski definition) is 1. The SMILES string of the molecule is CC(F)(F)c1cccc(CNc2ccc3ccccc3c2)n1. The summed E-state index contributed by atoms with van der Waals surface area (Å²) in [5.41, 5.74) is 1.33. The van der Waals surface area contributed by atoms with Gasteiger partial charge in [-0.25, -0.2) is 4.98 Å². The van der Waals surface area contributed by atoms with Crippen molar-refractivity contribution in [3.05, 3.63) is 72.1 Å². The van der Waals surface area contributed by atoms with E-state index in [9.17, 15) is 8.78 Å². The van der Waals surface area contributed by atoms with Crippen molar-refractivity contribution >= 4 is 16.5 Å². The smallest absolute Gasteiger partial charge is 0.286 e. The maximum atomic E-state index is 13.3. The van der Waals surface area contributed by atoms with Crippen molar-refractivity contribution in [3.63, 3.8) is 0 Å². The van der Waals surface area contributed by atoms with Gasteiger partial charge in [-0.2, -0.15) is 8.78 Å². The van der Waals surface area contributed by atoms with Gasteiger partial charge >= 0.3 is 0 Å². The molecule has 4 heteroatoms. The molecule has 0 spiro atoms. The third-order valence-corrected chi connectivity index (χ3v) is 3.48. The zero-order valence-electron chi connectivity index (χ0n) is 12.2. The molecule has 0 amide bonds. The molecule has 0 atom stereocenters. The summed E-state index contributed by atoms with van der Waals surface area (Å²) in [6.45, 7) is 1.26. The first kappa shape index (κ1) is 14.4. The summed E-state index contributed by atoms with van der Waals surface area (Å²) in [7, 11) is 0. The van der Waals surface area contributed by atoms with Crippen molar-refractivity contribution in [2.45, 2.75) is 19.4 Å². The van der Waals surface area contributed by atoms with Crippen molar-refractivity contribution in [1.29, 1.82) is 0 Å². The van der Waals surface area contributed by atoms with Gasteiger partial charge in [0.1, 0.15) is 5.69 Å². The van der Waals surface area contributed by atoms with E-state index in [1.165, 1.54) is 11.5 Å². The Morgan fingerprint density at radius 2 is 1.73 bits per heavy atom. The number of halogens is 2. The first-order valence-corrected chi connectivity index (χ1v) is 7.09. The van der Waals surface area contributed by atoms with Crippen LogP contribution in [0.25, 0.3) is 10.8 Å². The highest BCUT2D eigenvalue weighted by atomic mass is 19.3. The highest BCUT2D eigenvalue weighted by Crippen LogP contribution is 2.25. The average molecular weight is 298 g/mol. The Labute approximate surface area is 127 Å². The highest BCUT2D eigenvalue weighted by molar-refractivity contribution is 5.85. The van der Waals surface area contributed by atoms with Gasteiger partial charge in [0.25, 0.3) is 5.92 Å². The Morgan fingerprint density at radius 3 is 2.50 bits per heavy atom. The number of pyridine rings is 1. The molecule has 0 radical (unpaired) electrons. The molecule has 0 aliphatic heterocycles. The minimum atomic E-state index is -2.92. The summed E-state index contributed by atoms with van der Waals surface area (Å²) in [6, 6.07) is 18.8. The van der Waals surface area contributed by atoms with Crippen LogP contribution in [0.2, 0.25) is 0 Å².